The number of rotatable bonds is 8. The monoisotopic (exact) mass is 281 g/mol. The average Bonchev–Trinajstić information content (AvgIpc) is 2.42. The van der Waals surface area contributed by atoms with Gasteiger partial charge in [-0.2, -0.15) is 0 Å². The molecule has 0 bridgehead atoms. The van der Waals surface area contributed by atoms with Crippen LogP contribution in [0, 0.1) is 0 Å². The van der Waals surface area contributed by atoms with Gasteiger partial charge in [0.1, 0.15) is 11.5 Å². The Labute approximate surface area is 120 Å². The highest BCUT2D eigenvalue weighted by Gasteiger charge is 2.10. The van der Waals surface area contributed by atoms with Gasteiger partial charge in [0.15, 0.2) is 6.61 Å². The summed E-state index contributed by atoms with van der Waals surface area (Å²) in [7, 11) is 1.59. The third kappa shape index (κ3) is 5.48. The molecule has 0 atom stereocenters. The van der Waals surface area contributed by atoms with Crippen molar-refractivity contribution in [1.29, 1.82) is 0 Å². The van der Waals surface area contributed by atoms with Crippen molar-refractivity contribution >= 4 is 5.97 Å². The largest absolute Gasteiger partial charge is 0.497 e. The van der Waals surface area contributed by atoms with Crippen molar-refractivity contribution in [1.82, 2.24) is 5.32 Å². The average molecular weight is 281 g/mol. The smallest absolute Gasteiger partial charge is 0.344 e. The Balaban J connectivity index is 2.71. The molecule has 20 heavy (non-hydrogen) atoms. The molecule has 0 saturated carbocycles. The van der Waals surface area contributed by atoms with Crippen molar-refractivity contribution in [2.75, 3.05) is 20.3 Å². The van der Waals surface area contributed by atoms with E-state index in [1.165, 1.54) is 0 Å². The molecule has 1 aromatic carbocycles. The van der Waals surface area contributed by atoms with Gasteiger partial charge < -0.3 is 19.5 Å². The van der Waals surface area contributed by atoms with E-state index in [-0.39, 0.29) is 18.7 Å². The van der Waals surface area contributed by atoms with Crippen LogP contribution in [-0.2, 0) is 16.1 Å². The van der Waals surface area contributed by atoms with E-state index in [4.69, 9.17) is 14.2 Å². The Bertz CT molecular complexity index is 432. The van der Waals surface area contributed by atoms with Crippen LogP contribution in [0.4, 0.5) is 0 Å². The molecule has 0 heterocycles. The molecule has 1 rings (SSSR count). The van der Waals surface area contributed by atoms with Crippen molar-refractivity contribution in [3.63, 3.8) is 0 Å². The SMILES string of the molecule is CCNCc1ccc(OC)cc1OCC(=O)OC(C)C. The summed E-state index contributed by atoms with van der Waals surface area (Å²) in [4.78, 5) is 11.5. The highest BCUT2D eigenvalue weighted by atomic mass is 16.6. The maximum absolute atomic E-state index is 11.5. The first-order valence-electron chi connectivity index (χ1n) is 6.76. The quantitative estimate of drug-likeness (QED) is 0.740. The minimum Gasteiger partial charge on any atom is -0.497 e. The van der Waals surface area contributed by atoms with Crippen LogP contribution in [0.3, 0.4) is 0 Å². The Morgan fingerprint density at radius 1 is 1.35 bits per heavy atom. The normalized spacial score (nSPS) is 10.4. The second-order valence-electron chi connectivity index (χ2n) is 4.58. The van der Waals surface area contributed by atoms with E-state index in [1.54, 1.807) is 27.0 Å². The van der Waals surface area contributed by atoms with Gasteiger partial charge in [0, 0.05) is 18.2 Å². The third-order valence-corrected chi connectivity index (χ3v) is 2.55. The third-order valence-electron chi connectivity index (χ3n) is 2.55. The van der Waals surface area contributed by atoms with Crippen LogP contribution in [-0.4, -0.2) is 32.3 Å². The lowest BCUT2D eigenvalue weighted by Gasteiger charge is -2.14. The number of benzene rings is 1. The van der Waals surface area contributed by atoms with Gasteiger partial charge in [-0.05, 0) is 26.5 Å². The number of carbonyl (C=O) groups excluding carboxylic acids is 1. The predicted molar refractivity (Wildman–Crippen MR) is 77.1 cm³/mol. The summed E-state index contributed by atoms with van der Waals surface area (Å²) in [6, 6.07) is 5.56. The maximum Gasteiger partial charge on any atom is 0.344 e. The molecule has 0 unspecified atom stereocenters. The van der Waals surface area contributed by atoms with E-state index >= 15 is 0 Å². The predicted octanol–water partition coefficient (Wildman–Crippen LogP) is 2.14. The molecule has 0 saturated heterocycles. The van der Waals surface area contributed by atoms with Gasteiger partial charge >= 0.3 is 5.97 Å². The number of hydrogen-bond acceptors (Lipinski definition) is 5. The lowest BCUT2D eigenvalue weighted by Crippen LogP contribution is -2.20. The standard InChI is InChI=1S/C15H23NO4/c1-5-16-9-12-6-7-13(18-4)8-14(12)19-10-15(17)20-11(2)3/h6-8,11,16H,5,9-10H2,1-4H3. The molecule has 0 aliphatic heterocycles. The maximum atomic E-state index is 11.5. The molecule has 5 nitrogen and oxygen atoms in total. The summed E-state index contributed by atoms with van der Waals surface area (Å²) in [5.41, 5.74) is 0.977. The highest BCUT2D eigenvalue weighted by Crippen LogP contribution is 2.24. The molecule has 112 valence electrons. The Morgan fingerprint density at radius 2 is 2.10 bits per heavy atom. The minimum absolute atomic E-state index is 0.107. The van der Waals surface area contributed by atoms with Crippen LogP contribution in [0.15, 0.2) is 18.2 Å². The van der Waals surface area contributed by atoms with Gasteiger partial charge in [-0.3, -0.25) is 0 Å². The molecular formula is C15H23NO4. The van der Waals surface area contributed by atoms with E-state index in [2.05, 4.69) is 5.32 Å². The van der Waals surface area contributed by atoms with Gasteiger partial charge in [0.25, 0.3) is 0 Å². The number of nitrogens with one attached hydrogen (secondary N) is 1. The van der Waals surface area contributed by atoms with Crippen LogP contribution in [0.25, 0.3) is 0 Å². The zero-order chi connectivity index (χ0) is 15.0. The summed E-state index contributed by atoms with van der Waals surface area (Å²) in [5, 5.41) is 3.23. The fourth-order valence-corrected chi connectivity index (χ4v) is 1.64. The van der Waals surface area contributed by atoms with Crippen molar-refractivity contribution in [3.8, 4) is 11.5 Å². The highest BCUT2D eigenvalue weighted by molar-refractivity contribution is 5.71. The van der Waals surface area contributed by atoms with E-state index in [1.807, 2.05) is 19.1 Å². The van der Waals surface area contributed by atoms with Crippen LogP contribution in [0.5, 0.6) is 11.5 Å². The van der Waals surface area contributed by atoms with Crippen LogP contribution in [0.1, 0.15) is 26.3 Å². The summed E-state index contributed by atoms with van der Waals surface area (Å²) >= 11 is 0. The molecule has 0 fully saturated rings. The van der Waals surface area contributed by atoms with E-state index < -0.39 is 0 Å². The second kappa shape index (κ2) is 8.43. The van der Waals surface area contributed by atoms with Crippen LogP contribution in [0.2, 0.25) is 0 Å². The Kier molecular flexibility index (Phi) is 6.87. The van der Waals surface area contributed by atoms with Crippen LogP contribution >= 0.6 is 0 Å². The van der Waals surface area contributed by atoms with Gasteiger partial charge in [0.05, 0.1) is 13.2 Å². The summed E-state index contributed by atoms with van der Waals surface area (Å²) in [6.07, 6.45) is -0.141. The number of methoxy groups -OCH3 is 1. The lowest BCUT2D eigenvalue weighted by atomic mass is 10.2. The zero-order valence-electron chi connectivity index (χ0n) is 12.6. The number of carbonyl (C=O) groups is 1. The van der Waals surface area contributed by atoms with Gasteiger partial charge in [-0.15, -0.1) is 0 Å². The summed E-state index contributed by atoms with van der Waals surface area (Å²) in [5.74, 6) is 0.945. The first kappa shape index (κ1) is 16.3. The fourth-order valence-electron chi connectivity index (χ4n) is 1.64. The molecule has 0 aromatic heterocycles. The summed E-state index contributed by atoms with van der Waals surface area (Å²) in [6.45, 7) is 7.07. The van der Waals surface area contributed by atoms with E-state index in [9.17, 15) is 4.79 Å². The molecule has 0 spiro atoms. The topological polar surface area (TPSA) is 56.8 Å². The van der Waals surface area contributed by atoms with Crippen LogP contribution < -0.4 is 14.8 Å². The number of hydrogen-bond donors (Lipinski definition) is 1. The Morgan fingerprint density at radius 3 is 2.70 bits per heavy atom. The molecule has 1 aromatic rings. The van der Waals surface area contributed by atoms with Crippen molar-refractivity contribution in [2.24, 2.45) is 0 Å². The van der Waals surface area contributed by atoms with E-state index in [0.717, 1.165) is 12.1 Å². The molecule has 0 aliphatic carbocycles. The van der Waals surface area contributed by atoms with E-state index in [0.29, 0.717) is 18.0 Å². The fraction of sp³-hybridized carbons (Fsp3) is 0.533. The first-order chi connectivity index (χ1) is 9.56. The molecule has 1 N–H and O–H groups in total. The first-order valence-corrected chi connectivity index (χ1v) is 6.76. The van der Waals surface area contributed by atoms with Crippen molar-refractivity contribution in [2.45, 2.75) is 33.4 Å². The van der Waals surface area contributed by atoms with Crippen molar-refractivity contribution in [3.05, 3.63) is 23.8 Å². The van der Waals surface area contributed by atoms with Gasteiger partial charge in [-0.25, -0.2) is 4.79 Å². The molecule has 0 amide bonds. The molecule has 0 radical (unpaired) electrons. The molecule has 5 heteroatoms. The van der Waals surface area contributed by atoms with Gasteiger partial charge in [-0.1, -0.05) is 13.0 Å². The molecular weight excluding hydrogens is 258 g/mol. The minimum atomic E-state index is -0.378. The lowest BCUT2D eigenvalue weighted by molar-refractivity contribution is -0.149. The second-order valence-corrected chi connectivity index (χ2v) is 4.58. The zero-order valence-corrected chi connectivity index (χ0v) is 12.6. The number of esters is 1. The Hall–Kier alpha value is -1.75. The van der Waals surface area contributed by atoms with Crippen molar-refractivity contribution < 1.29 is 19.0 Å². The summed E-state index contributed by atoms with van der Waals surface area (Å²) < 4.78 is 15.8. The number of ether oxygens (including phenoxy) is 3. The molecule has 0 aliphatic rings. The van der Waals surface area contributed by atoms with Gasteiger partial charge in [0.2, 0.25) is 0 Å².